The Hall–Kier alpha value is -2.93. The highest BCUT2D eigenvalue weighted by Gasteiger charge is 2.23. The Bertz CT molecular complexity index is 1140. The number of amides is 2. The number of rotatable bonds is 5. The van der Waals surface area contributed by atoms with Gasteiger partial charge in [0.15, 0.2) is 0 Å². The van der Waals surface area contributed by atoms with Gasteiger partial charge in [-0.2, -0.15) is 5.10 Å². The van der Waals surface area contributed by atoms with Crippen LogP contribution >= 0.6 is 15.9 Å². The Morgan fingerprint density at radius 3 is 2.31 bits per heavy atom. The summed E-state index contributed by atoms with van der Waals surface area (Å²) in [4.78, 5) is 26.9. The van der Waals surface area contributed by atoms with Crippen LogP contribution in [-0.2, 0) is 10.2 Å². The van der Waals surface area contributed by atoms with E-state index in [0.717, 1.165) is 27.0 Å². The number of benzene rings is 2. The van der Waals surface area contributed by atoms with Gasteiger partial charge >= 0.3 is 0 Å². The zero-order valence-corrected chi connectivity index (χ0v) is 20.9. The second-order valence-corrected chi connectivity index (χ2v) is 10.00. The van der Waals surface area contributed by atoms with Crippen molar-refractivity contribution in [3.63, 3.8) is 0 Å². The molecule has 0 saturated heterocycles. The number of aromatic nitrogens is 2. The number of hydrogen-bond donors (Lipinski definition) is 1. The highest BCUT2D eigenvalue weighted by atomic mass is 79.9. The van der Waals surface area contributed by atoms with E-state index in [1.165, 1.54) is 4.90 Å². The van der Waals surface area contributed by atoms with Crippen molar-refractivity contribution in [2.24, 2.45) is 0 Å². The van der Waals surface area contributed by atoms with Crippen LogP contribution in [0.15, 0.2) is 53.0 Å². The summed E-state index contributed by atoms with van der Waals surface area (Å²) in [7, 11) is 1.62. The van der Waals surface area contributed by atoms with Gasteiger partial charge in [-0.25, -0.2) is 4.68 Å². The lowest BCUT2D eigenvalue weighted by molar-refractivity contribution is -0.116. The molecule has 1 aromatic heterocycles. The van der Waals surface area contributed by atoms with Gasteiger partial charge in [0.25, 0.3) is 5.91 Å². The van der Waals surface area contributed by atoms with Crippen molar-refractivity contribution in [2.75, 3.05) is 18.9 Å². The molecule has 1 N–H and O–H groups in total. The van der Waals surface area contributed by atoms with E-state index in [9.17, 15) is 9.59 Å². The quantitative estimate of drug-likeness (QED) is 0.523. The second kappa shape index (κ2) is 9.28. The zero-order chi connectivity index (χ0) is 23.6. The van der Waals surface area contributed by atoms with Crippen molar-refractivity contribution >= 4 is 33.6 Å². The molecule has 1 heterocycles. The maximum absolute atomic E-state index is 12.8. The van der Waals surface area contributed by atoms with Gasteiger partial charge in [0.2, 0.25) is 5.91 Å². The topological polar surface area (TPSA) is 67.2 Å². The second-order valence-electron chi connectivity index (χ2n) is 9.08. The van der Waals surface area contributed by atoms with Crippen molar-refractivity contribution in [1.82, 2.24) is 14.7 Å². The number of carbonyl (C=O) groups is 2. The third-order valence-electron chi connectivity index (χ3n) is 5.14. The molecular formula is C25H29BrN4O2. The molecule has 0 aliphatic heterocycles. The minimum absolute atomic E-state index is 0.0716. The Morgan fingerprint density at radius 1 is 1.06 bits per heavy atom. The lowest BCUT2D eigenvalue weighted by Crippen LogP contribution is -2.35. The molecule has 3 rings (SSSR count). The van der Waals surface area contributed by atoms with Crippen LogP contribution < -0.4 is 5.32 Å². The van der Waals surface area contributed by atoms with Crippen LogP contribution in [0, 0.1) is 13.8 Å². The third kappa shape index (κ3) is 5.46. The zero-order valence-electron chi connectivity index (χ0n) is 19.4. The summed E-state index contributed by atoms with van der Waals surface area (Å²) in [6, 6.07) is 15.1. The summed E-state index contributed by atoms with van der Waals surface area (Å²) >= 11 is 3.36. The molecule has 32 heavy (non-hydrogen) atoms. The van der Waals surface area contributed by atoms with Crippen molar-refractivity contribution in [2.45, 2.75) is 40.0 Å². The number of hydrogen-bond acceptors (Lipinski definition) is 3. The molecule has 0 saturated carbocycles. The lowest BCUT2D eigenvalue weighted by Gasteiger charge is -2.17. The summed E-state index contributed by atoms with van der Waals surface area (Å²) in [6.07, 6.45) is 0. The fraction of sp³-hybridized carbons (Fsp3) is 0.320. The van der Waals surface area contributed by atoms with Crippen molar-refractivity contribution < 1.29 is 9.59 Å². The van der Waals surface area contributed by atoms with E-state index in [2.05, 4.69) is 48.1 Å². The lowest BCUT2D eigenvalue weighted by atomic mass is 9.92. The van der Waals surface area contributed by atoms with E-state index in [0.29, 0.717) is 11.4 Å². The Balaban J connectivity index is 1.84. The SMILES string of the molecule is Cc1ccc(-n2nc(C(C)(C)C)cc2NC(=O)CN(C)C(=O)c2ccc(Br)cc2)c(C)c1. The largest absolute Gasteiger partial charge is 0.332 e. The highest BCUT2D eigenvalue weighted by molar-refractivity contribution is 9.10. The Morgan fingerprint density at radius 2 is 1.72 bits per heavy atom. The van der Waals surface area contributed by atoms with Gasteiger partial charge in [-0.05, 0) is 49.7 Å². The third-order valence-corrected chi connectivity index (χ3v) is 5.67. The monoisotopic (exact) mass is 496 g/mol. The molecule has 0 fully saturated rings. The normalized spacial score (nSPS) is 11.3. The van der Waals surface area contributed by atoms with E-state index in [1.54, 1.807) is 36.0 Å². The number of anilines is 1. The molecule has 2 amide bonds. The molecule has 3 aromatic rings. The molecule has 0 spiro atoms. The fourth-order valence-corrected chi connectivity index (χ4v) is 3.61. The molecule has 7 heteroatoms. The Kier molecular flexibility index (Phi) is 6.88. The fourth-order valence-electron chi connectivity index (χ4n) is 3.35. The number of aryl methyl sites for hydroxylation is 2. The van der Waals surface area contributed by atoms with Crippen LogP contribution in [0.4, 0.5) is 5.82 Å². The smallest absolute Gasteiger partial charge is 0.254 e. The van der Waals surface area contributed by atoms with Gasteiger partial charge in [-0.3, -0.25) is 9.59 Å². The summed E-state index contributed by atoms with van der Waals surface area (Å²) in [6.45, 7) is 10.2. The number of carbonyl (C=O) groups excluding carboxylic acids is 2. The first-order valence-corrected chi connectivity index (χ1v) is 11.2. The maximum atomic E-state index is 12.8. The highest BCUT2D eigenvalue weighted by Crippen LogP contribution is 2.27. The van der Waals surface area contributed by atoms with Crippen molar-refractivity contribution in [1.29, 1.82) is 0 Å². The average Bonchev–Trinajstić information content (AvgIpc) is 3.11. The van der Waals surface area contributed by atoms with Crippen LogP contribution in [0.3, 0.4) is 0 Å². The van der Waals surface area contributed by atoms with Gasteiger partial charge in [-0.1, -0.05) is 54.4 Å². The molecule has 0 unspecified atom stereocenters. The molecule has 2 aromatic carbocycles. The number of likely N-dealkylation sites (N-methyl/N-ethyl adjacent to an activating group) is 1. The number of nitrogens with zero attached hydrogens (tertiary/aromatic N) is 3. The van der Waals surface area contributed by atoms with E-state index in [4.69, 9.17) is 5.10 Å². The van der Waals surface area contributed by atoms with Gasteiger partial charge in [0, 0.05) is 28.6 Å². The first-order chi connectivity index (χ1) is 15.0. The van der Waals surface area contributed by atoms with Gasteiger partial charge < -0.3 is 10.2 Å². The van der Waals surface area contributed by atoms with Crippen LogP contribution in [-0.4, -0.2) is 40.1 Å². The van der Waals surface area contributed by atoms with Crippen molar-refractivity contribution in [3.05, 3.63) is 75.4 Å². The van der Waals surface area contributed by atoms with Crippen LogP contribution in [0.25, 0.3) is 5.69 Å². The first-order valence-electron chi connectivity index (χ1n) is 10.4. The molecule has 168 valence electrons. The molecule has 0 aliphatic carbocycles. The first kappa shape index (κ1) is 23.7. The Labute approximate surface area is 197 Å². The minimum Gasteiger partial charge on any atom is -0.332 e. The van der Waals surface area contributed by atoms with Gasteiger partial charge in [-0.15, -0.1) is 0 Å². The average molecular weight is 497 g/mol. The van der Waals surface area contributed by atoms with E-state index in [1.807, 2.05) is 32.0 Å². The molecule has 0 atom stereocenters. The molecule has 0 radical (unpaired) electrons. The maximum Gasteiger partial charge on any atom is 0.254 e. The molecule has 6 nitrogen and oxygen atoms in total. The number of nitrogens with one attached hydrogen (secondary N) is 1. The summed E-state index contributed by atoms with van der Waals surface area (Å²) in [5, 5.41) is 7.73. The minimum atomic E-state index is -0.288. The van der Waals surface area contributed by atoms with Crippen LogP contribution in [0.1, 0.15) is 48.0 Å². The summed E-state index contributed by atoms with van der Waals surface area (Å²) in [5.74, 6) is 0.0756. The van der Waals surface area contributed by atoms with Gasteiger partial charge in [0.1, 0.15) is 5.82 Å². The van der Waals surface area contributed by atoms with Crippen molar-refractivity contribution in [3.8, 4) is 5.69 Å². The van der Waals surface area contributed by atoms with Crippen LogP contribution in [0.5, 0.6) is 0 Å². The van der Waals surface area contributed by atoms with E-state index >= 15 is 0 Å². The van der Waals surface area contributed by atoms with E-state index in [-0.39, 0.29) is 23.8 Å². The van der Waals surface area contributed by atoms with Crippen LogP contribution in [0.2, 0.25) is 0 Å². The molecule has 0 bridgehead atoms. The summed E-state index contributed by atoms with van der Waals surface area (Å²) < 4.78 is 2.66. The predicted molar refractivity (Wildman–Crippen MR) is 131 cm³/mol. The summed E-state index contributed by atoms with van der Waals surface area (Å²) in [5.41, 5.74) is 4.34. The van der Waals surface area contributed by atoms with E-state index < -0.39 is 0 Å². The number of halogens is 1. The molecule has 0 aliphatic rings. The predicted octanol–water partition coefficient (Wildman–Crippen LogP) is 5.26. The standard InChI is InChI=1S/C25H29BrN4O2/c1-16-7-12-20(17(2)13-16)30-22(14-21(28-30)25(3,4)5)27-23(31)15-29(6)24(32)18-8-10-19(26)11-9-18/h7-14H,15H2,1-6H3,(H,27,31). The van der Waals surface area contributed by atoms with Gasteiger partial charge in [0.05, 0.1) is 17.9 Å². The molecular weight excluding hydrogens is 468 g/mol.